The quantitative estimate of drug-likeness (QED) is 0.615. The summed E-state index contributed by atoms with van der Waals surface area (Å²) < 4.78 is 11.2. The van der Waals surface area contributed by atoms with Crippen molar-refractivity contribution in [2.75, 3.05) is 6.61 Å². The third kappa shape index (κ3) is 2.64. The zero-order valence-electron chi connectivity index (χ0n) is 12.8. The van der Waals surface area contributed by atoms with E-state index in [-0.39, 0.29) is 5.63 Å². The maximum atomic E-state index is 11.9. The van der Waals surface area contributed by atoms with E-state index >= 15 is 0 Å². The number of hydrogen-bond acceptors (Lipinski definition) is 3. The van der Waals surface area contributed by atoms with Gasteiger partial charge in [0.1, 0.15) is 17.9 Å². The van der Waals surface area contributed by atoms with Gasteiger partial charge in [-0.25, -0.2) is 4.79 Å². The summed E-state index contributed by atoms with van der Waals surface area (Å²) in [6, 6.07) is 2.02. The molecule has 21 heavy (non-hydrogen) atoms. The summed E-state index contributed by atoms with van der Waals surface area (Å²) in [6.07, 6.45) is 4.22. The van der Waals surface area contributed by atoms with E-state index < -0.39 is 0 Å². The van der Waals surface area contributed by atoms with Gasteiger partial charge in [-0.3, -0.25) is 0 Å². The molecule has 0 unspecified atom stereocenters. The summed E-state index contributed by atoms with van der Waals surface area (Å²) in [5.74, 6) is 0.744. The van der Waals surface area contributed by atoms with Crippen molar-refractivity contribution >= 4 is 11.0 Å². The van der Waals surface area contributed by atoms with Gasteiger partial charge in [0.25, 0.3) is 0 Å². The van der Waals surface area contributed by atoms with Crippen LogP contribution in [0.4, 0.5) is 0 Å². The van der Waals surface area contributed by atoms with Gasteiger partial charge in [0.15, 0.2) is 0 Å². The molecule has 1 aromatic heterocycles. The average Bonchev–Trinajstić information content (AvgIpc) is 2.46. The molecule has 1 aromatic carbocycles. The number of ether oxygens (including phenoxy) is 1. The fraction of sp³-hybridized carbons (Fsp3) is 0.278. The molecular formula is C18H20O3. The molecule has 1 heterocycles. The highest BCUT2D eigenvalue weighted by Crippen LogP contribution is 2.33. The lowest BCUT2D eigenvalue weighted by Crippen LogP contribution is -2.08. The molecule has 0 atom stereocenters. The number of rotatable bonds is 5. The van der Waals surface area contributed by atoms with E-state index in [1.165, 1.54) is 0 Å². The Morgan fingerprint density at radius 1 is 1.14 bits per heavy atom. The van der Waals surface area contributed by atoms with Crippen LogP contribution in [0.2, 0.25) is 0 Å². The lowest BCUT2D eigenvalue weighted by Gasteiger charge is -2.15. The molecule has 3 nitrogen and oxygen atoms in total. The molecule has 0 amide bonds. The van der Waals surface area contributed by atoms with Crippen molar-refractivity contribution in [3.8, 4) is 5.75 Å². The Morgan fingerprint density at radius 2 is 1.86 bits per heavy atom. The van der Waals surface area contributed by atoms with Crippen LogP contribution in [0.1, 0.15) is 22.3 Å². The molecule has 0 aliphatic heterocycles. The molecule has 0 radical (unpaired) electrons. The van der Waals surface area contributed by atoms with Crippen molar-refractivity contribution < 1.29 is 9.15 Å². The van der Waals surface area contributed by atoms with Crippen LogP contribution >= 0.6 is 0 Å². The van der Waals surface area contributed by atoms with Crippen LogP contribution < -0.4 is 10.4 Å². The van der Waals surface area contributed by atoms with Gasteiger partial charge in [0.05, 0.1) is 0 Å². The smallest absolute Gasteiger partial charge is 0.339 e. The number of fused-ring (bicyclic) bond motifs is 1. The standard InChI is InChI=1S/C18H20O3/c1-6-8-14-10-15-11(3)12(4)18(19)21-17(15)13(5)16(14)20-9-7-2/h6-7,10H,1-2,8-9H2,3-5H3. The van der Waals surface area contributed by atoms with Crippen LogP contribution in [-0.2, 0) is 6.42 Å². The molecule has 0 bridgehead atoms. The molecule has 3 heteroatoms. The summed E-state index contributed by atoms with van der Waals surface area (Å²) in [5.41, 5.74) is 3.76. The van der Waals surface area contributed by atoms with Crippen molar-refractivity contribution in [2.24, 2.45) is 0 Å². The Labute approximate surface area is 124 Å². The minimum absolute atomic E-state index is 0.297. The Morgan fingerprint density at radius 3 is 2.48 bits per heavy atom. The van der Waals surface area contributed by atoms with Crippen molar-refractivity contribution in [3.05, 3.63) is 64.1 Å². The van der Waals surface area contributed by atoms with Gasteiger partial charge in [-0.05, 0) is 44.4 Å². The second-order valence-corrected chi connectivity index (χ2v) is 5.10. The van der Waals surface area contributed by atoms with E-state index in [1.807, 2.05) is 26.0 Å². The molecule has 2 aromatic rings. The molecular weight excluding hydrogens is 264 g/mol. The minimum Gasteiger partial charge on any atom is -0.489 e. The topological polar surface area (TPSA) is 39.4 Å². The number of aryl methyl sites for hydroxylation is 2. The largest absolute Gasteiger partial charge is 0.489 e. The van der Waals surface area contributed by atoms with E-state index in [0.717, 1.165) is 27.8 Å². The SMILES string of the molecule is C=CCOc1c(CC=C)cc2c(C)c(C)c(=O)oc2c1C. The molecule has 0 N–H and O–H groups in total. The predicted molar refractivity (Wildman–Crippen MR) is 86.3 cm³/mol. The highest BCUT2D eigenvalue weighted by atomic mass is 16.5. The van der Waals surface area contributed by atoms with E-state index in [4.69, 9.17) is 9.15 Å². The highest BCUT2D eigenvalue weighted by Gasteiger charge is 2.16. The first-order valence-corrected chi connectivity index (χ1v) is 6.92. The van der Waals surface area contributed by atoms with Crippen LogP contribution in [0.3, 0.4) is 0 Å². The average molecular weight is 284 g/mol. The summed E-state index contributed by atoms with van der Waals surface area (Å²) >= 11 is 0. The molecule has 0 fully saturated rings. The van der Waals surface area contributed by atoms with Gasteiger partial charge in [0, 0.05) is 16.5 Å². The highest BCUT2D eigenvalue weighted by molar-refractivity contribution is 5.87. The predicted octanol–water partition coefficient (Wildman–Crippen LogP) is 4.01. The molecule has 0 saturated heterocycles. The Kier molecular flexibility index (Phi) is 4.32. The number of benzene rings is 1. The van der Waals surface area contributed by atoms with E-state index in [1.54, 1.807) is 13.0 Å². The van der Waals surface area contributed by atoms with Crippen LogP contribution in [-0.4, -0.2) is 6.61 Å². The van der Waals surface area contributed by atoms with Gasteiger partial charge in [-0.1, -0.05) is 18.7 Å². The maximum absolute atomic E-state index is 11.9. The lowest BCUT2D eigenvalue weighted by atomic mass is 9.98. The molecule has 2 rings (SSSR count). The van der Waals surface area contributed by atoms with E-state index in [2.05, 4.69) is 13.2 Å². The van der Waals surface area contributed by atoms with Gasteiger partial charge in [-0.2, -0.15) is 0 Å². The zero-order chi connectivity index (χ0) is 15.6. The fourth-order valence-electron chi connectivity index (χ4n) is 2.44. The third-order valence-corrected chi connectivity index (χ3v) is 3.71. The fourth-order valence-corrected chi connectivity index (χ4v) is 2.44. The van der Waals surface area contributed by atoms with E-state index in [0.29, 0.717) is 24.2 Å². The van der Waals surface area contributed by atoms with Crippen LogP contribution in [0, 0.1) is 20.8 Å². The first-order valence-electron chi connectivity index (χ1n) is 6.92. The molecule has 110 valence electrons. The second-order valence-electron chi connectivity index (χ2n) is 5.10. The van der Waals surface area contributed by atoms with Crippen LogP contribution in [0.25, 0.3) is 11.0 Å². The lowest BCUT2D eigenvalue weighted by molar-refractivity contribution is 0.357. The first-order chi connectivity index (χ1) is 10.0. The van der Waals surface area contributed by atoms with Gasteiger partial charge in [-0.15, -0.1) is 6.58 Å². The van der Waals surface area contributed by atoms with Gasteiger partial charge in [0.2, 0.25) is 0 Å². The molecule has 0 saturated carbocycles. The summed E-state index contributed by atoms with van der Waals surface area (Å²) in [4.78, 5) is 11.9. The Bertz CT molecular complexity index is 766. The maximum Gasteiger partial charge on any atom is 0.339 e. The molecule has 0 spiro atoms. The van der Waals surface area contributed by atoms with Crippen LogP contribution in [0.15, 0.2) is 40.6 Å². The minimum atomic E-state index is -0.297. The third-order valence-electron chi connectivity index (χ3n) is 3.71. The number of allylic oxidation sites excluding steroid dienone is 1. The first kappa shape index (κ1) is 15.1. The van der Waals surface area contributed by atoms with E-state index in [9.17, 15) is 4.79 Å². The van der Waals surface area contributed by atoms with Crippen molar-refractivity contribution in [2.45, 2.75) is 27.2 Å². The second kappa shape index (κ2) is 6.00. The molecule has 0 aliphatic rings. The number of hydrogen-bond donors (Lipinski definition) is 0. The summed E-state index contributed by atoms with van der Waals surface area (Å²) in [7, 11) is 0. The molecule has 0 aliphatic carbocycles. The summed E-state index contributed by atoms with van der Waals surface area (Å²) in [6.45, 7) is 13.5. The Hall–Kier alpha value is -2.29. The van der Waals surface area contributed by atoms with Crippen molar-refractivity contribution in [1.29, 1.82) is 0 Å². The normalized spacial score (nSPS) is 10.6. The summed E-state index contributed by atoms with van der Waals surface area (Å²) in [5, 5.41) is 0.951. The van der Waals surface area contributed by atoms with Gasteiger partial charge >= 0.3 is 5.63 Å². The Balaban J connectivity index is 2.83. The van der Waals surface area contributed by atoms with Crippen LogP contribution in [0.5, 0.6) is 5.75 Å². The zero-order valence-corrected chi connectivity index (χ0v) is 12.8. The monoisotopic (exact) mass is 284 g/mol. The van der Waals surface area contributed by atoms with Gasteiger partial charge < -0.3 is 9.15 Å². The van der Waals surface area contributed by atoms with Crippen molar-refractivity contribution in [3.63, 3.8) is 0 Å². The van der Waals surface area contributed by atoms with Crippen molar-refractivity contribution in [1.82, 2.24) is 0 Å².